The average molecular weight is 373 g/mol. The molecule has 6 heteroatoms. The molecule has 0 aromatic heterocycles. The number of rotatable bonds is 4. The zero-order valence-electron chi connectivity index (χ0n) is 15.1. The topological polar surface area (TPSA) is 49.9 Å². The number of ether oxygens (including phenoxy) is 1. The lowest BCUT2D eigenvalue weighted by molar-refractivity contribution is -0.116. The van der Waals surface area contributed by atoms with Crippen LogP contribution in [0.1, 0.15) is 28.4 Å². The van der Waals surface area contributed by atoms with Crippen LogP contribution in [0, 0.1) is 0 Å². The molecule has 0 spiro atoms. The first kappa shape index (κ1) is 18.3. The molecular formula is C20H21ClN2O3. The van der Waals surface area contributed by atoms with Crippen LogP contribution in [0.5, 0.6) is 5.75 Å². The van der Waals surface area contributed by atoms with Crippen LogP contribution in [0.4, 0.5) is 5.69 Å². The molecule has 26 heavy (non-hydrogen) atoms. The van der Waals surface area contributed by atoms with Crippen LogP contribution in [0.15, 0.2) is 36.4 Å². The molecule has 0 radical (unpaired) electrons. The number of halogens is 1. The average Bonchev–Trinajstić information content (AvgIpc) is 3.04. The quantitative estimate of drug-likeness (QED) is 0.825. The Balaban J connectivity index is 1.80. The van der Waals surface area contributed by atoms with E-state index in [-0.39, 0.29) is 11.8 Å². The van der Waals surface area contributed by atoms with Gasteiger partial charge in [-0.3, -0.25) is 9.59 Å². The Kier molecular flexibility index (Phi) is 5.18. The molecule has 136 valence electrons. The number of benzene rings is 2. The van der Waals surface area contributed by atoms with Crippen molar-refractivity contribution in [1.82, 2.24) is 4.90 Å². The number of carbonyl (C=O) groups excluding carboxylic acids is 2. The maximum Gasteiger partial charge on any atom is 0.253 e. The Morgan fingerprint density at radius 2 is 2.00 bits per heavy atom. The maximum absolute atomic E-state index is 12.8. The fourth-order valence-corrected chi connectivity index (χ4v) is 3.48. The first-order valence-electron chi connectivity index (χ1n) is 8.39. The van der Waals surface area contributed by atoms with Gasteiger partial charge in [0.1, 0.15) is 5.75 Å². The summed E-state index contributed by atoms with van der Waals surface area (Å²) in [6.45, 7) is 2.61. The zero-order chi connectivity index (χ0) is 18.8. The molecule has 0 aliphatic carbocycles. The Morgan fingerprint density at radius 3 is 2.69 bits per heavy atom. The number of methoxy groups -OCH3 is 1. The van der Waals surface area contributed by atoms with E-state index in [2.05, 4.69) is 0 Å². The van der Waals surface area contributed by atoms with Gasteiger partial charge in [0.25, 0.3) is 5.91 Å². The van der Waals surface area contributed by atoms with Crippen molar-refractivity contribution < 1.29 is 14.3 Å². The minimum Gasteiger partial charge on any atom is -0.496 e. The summed E-state index contributed by atoms with van der Waals surface area (Å²) in [5.74, 6) is 0.629. The Bertz CT molecular complexity index is 866. The minimum absolute atomic E-state index is 0.0213. The second-order valence-corrected chi connectivity index (χ2v) is 6.82. The number of anilines is 1. The highest BCUT2D eigenvalue weighted by atomic mass is 35.5. The summed E-state index contributed by atoms with van der Waals surface area (Å²) in [6, 6.07) is 10.9. The third-order valence-electron chi connectivity index (χ3n) is 4.60. The number of carbonyl (C=O) groups is 2. The molecule has 1 heterocycles. The molecule has 0 saturated heterocycles. The smallest absolute Gasteiger partial charge is 0.253 e. The largest absolute Gasteiger partial charge is 0.496 e. The van der Waals surface area contributed by atoms with E-state index in [9.17, 15) is 9.59 Å². The summed E-state index contributed by atoms with van der Waals surface area (Å²) in [6.07, 6.45) is 0.766. The van der Waals surface area contributed by atoms with E-state index < -0.39 is 0 Å². The van der Waals surface area contributed by atoms with Crippen LogP contribution in [-0.4, -0.2) is 37.4 Å². The van der Waals surface area contributed by atoms with Crippen molar-refractivity contribution >= 4 is 29.1 Å². The molecule has 0 atom stereocenters. The van der Waals surface area contributed by atoms with E-state index in [0.29, 0.717) is 29.4 Å². The van der Waals surface area contributed by atoms with Crippen molar-refractivity contribution in [2.24, 2.45) is 0 Å². The van der Waals surface area contributed by atoms with Crippen molar-refractivity contribution in [2.45, 2.75) is 19.9 Å². The van der Waals surface area contributed by atoms with Gasteiger partial charge >= 0.3 is 0 Å². The lowest BCUT2D eigenvalue weighted by Gasteiger charge is -2.20. The van der Waals surface area contributed by atoms with Gasteiger partial charge in [0.05, 0.1) is 7.11 Å². The van der Waals surface area contributed by atoms with Crippen LogP contribution in [-0.2, 0) is 17.8 Å². The van der Waals surface area contributed by atoms with E-state index in [1.807, 2.05) is 12.1 Å². The standard InChI is InChI=1S/C20H21ClN2O3/c1-13(24)23-9-8-14-10-15(4-6-18(14)23)20(25)22(2)12-16-11-17(21)5-7-19(16)26-3/h4-7,10-11H,8-9,12H2,1-3H3. The molecule has 0 bridgehead atoms. The summed E-state index contributed by atoms with van der Waals surface area (Å²) < 4.78 is 5.35. The molecule has 2 aromatic rings. The van der Waals surface area contributed by atoms with Gasteiger partial charge in [0, 0.05) is 48.9 Å². The minimum atomic E-state index is -0.0869. The Hall–Kier alpha value is -2.53. The molecule has 2 amide bonds. The zero-order valence-corrected chi connectivity index (χ0v) is 15.8. The van der Waals surface area contributed by atoms with Crippen LogP contribution in [0.3, 0.4) is 0 Å². The van der Waals surface area contributed by atoms with Crippen molar-refractivity contribution in [3.05, 3.63) is 58.1 Å². The first-order valence-corrected chi connectivity index (χ1v) is 8.77. The van der Waals surface area contributed by atoms with E-state index >= 15 is 0 Å². The molecule has 0 N–H and O–H groups in total. The summed E-state index contributed by atoms with van der Waals surface area (Å²) in [5, 5.41) is 0.600. The highest BCUT2D eigenvalue weighted by molar-refractivity contribution is 6.30. The van der Waals surface area contributed by atoms with Crippen LogP contribution < -0.4 is 9.64 Å². The van der Waals surface area contributed by atoms with Crippen LogP contribution in [0.25, 0.3) is 0 Å². The number of fused-ring (bicyclic) bond motifs is 1. The van der Waals surface area contributed by atoms with E-state index in [1.165, 1.54) is 0 Å². The fourth-order valence-electron chi connectivity index (χ4n) is 3.28. The molecule has 0 fully saturated rings. The number of nitrogens with zero attached hydrogens (tertiary/aromatic N) is 2. The van der Waals surface area contributed by atoms with Gasteiger partial charge < -0.3 is 14.5 Å². The normalized spacial score (nSPS) is 12.7. The predicted octanol–water partition coefficient (Wildman–Crippen LogP) is 3.53. The molecule has 2 aromatic carbocycles. The lowest BCUT2D eigenvalue weighted by atomic mass is 10.1. The number of hydrogen-bond acceptors (Lipinski definition) is 3. The highest BCUT2D eigenvalue weighted by Crippen LogP contribution is 2.30. The van der Waals surface area contributed by atoms with Crippen LogP contribution in [0.2, 0.25) is 5.02 Å². The molecular weight excluding hydrogens is 352 g/mol. The number of hydrogen-bond donors (Lipinski definition) is 0. The number of amides is 2. The summed E-state index contributed by atoms with van der Waals surface area (Å²) >= 11 is 6.07. The fraction of sp³-hybridized carbons (Fsp3) is 0.300. The Labute approximate surface area is 158 Å². The predicted molar refractivity (Wildman–Crippen MR) is 102 cm³/mol. The molecule has 0 saturated carbocycles. The van der Waals surface area contributed by atoms with Crippen molar-refractivity contribution in [2.75, 3.05) is 25.6 Å². The molecule has 5 nitrogen and oxygen atoms in total. The van der Waals surface area contributed by atoms with Gasteiger partial charge in [-0.15, -0.1) is 0 Å². The van der Waals surface area contributed by atoms with Gasteiger partial charge in [-0.05, 0) is 48.4 Å². The SMILES string of the molecule is COc1ccc(Cl)cc1CN(C)C(=O)c1ccc2c(c1)CCN2C(C)=O. The molecule has 0 unspecified atom stereocenters. The van der Waals surface area contributed by atoms with E-state index in [1.54, 1.807) is 55.1 Å². The van der Waals surface area contributed by atoms with Crippen molar-refractivity contribution in [3.63, 3.8) is 0 Å². The first-order chi connectivity index (χ1) is 12.4. The van der Waals surface area contributed by atoms with Gasteiger partial charge in [-0.25, -0.2) is 0 Å². The van der Waals surface area contributed by atoms with Gasteiger partial charge in [0.2, 0.25) is 5.91 Å². The second-order valence-electron chi connectivity index (χ2n) is 6.38. The third kappa shape index (κ3) is 3.53. The van der Waals surface area contributed by atoms with E-state index in [4.69, 9.17) is 16.3 Å². The maximum atomic E-state index is 12.8. The van der Waals surface area contributed by atoms with Gasteiger partial charge in [-0.2, -0.15) is 0 Å². The molecule has 1 aliphatic rings. The lowest BCUT2D eigenvalue weighted by Crippen LogP contribution is -2.27. The molecule has 1 aliphatic heterocycles. The summed E-state index contributed by atoms with van der Waals surface area (Å²) in [7, 11) is 3.34. The third-order valence-corrected chi connectivity index (χ3v) is 4.83. The molecule has 3 rings (SSSR count). The van der Waals surface area contributed by atoms with Crippen LogP contribution >= 0.6 is 11.6 Å². The van der Waals surface area contributed by atoms with Gasteiger partial charge in [-0.1, -0.05) is 11.6 Å². The highest BCUT2D eigenvalue weighted by Gasteiger charge is 2.24. The van der Waals surface area contributed by atoms with Crippen molar-refractivity contribution in [1.29, 1.82) is 0 Å². The monoisotopic (exact) mass is 372 g/mol. The Morgan fingerprint density at radius 1 is 1.23 bits per heavy atom. The van der Waals surface area contributed by atoms with E-state index in [0.717, 1.165) is 23.2 Å². The summed E-state index contributed by atoms with van der Waals surface area (Å²) in [4.78, 5) is 27.8. The van der Waals surface area contributed by atoms with Crippen molar-refractivity contribution in [3.8, 4) is 5.75 Å². The van der Waals surface area contributed by atoms with Gasteiger partial charge in [0.15, 0.2) is 0 Å². The summed E-state index contributed by atoms with van der Waals surface area (Å²) in [5.41, 5.74) is 3.38. The second kappa shape index (κ2) is 7.38.